The van der Waals surface area contributed by atoms with Crippen molar-refractivity contribution in [3.8, 4) is 0 Å². The highest BCUT2D eigenvalue weighted by Crippen LogP contribution is 2.24. The number of carbonyl (C=O) groups excluding carboxylic acids is 1. The van der Waals surface area contributed by atoms with Crippen LogP contribution in [0.1, 0.15) is 21.5 Å². The van der Waals surface area contributed by atoms with Crippen LogP contribution >= 0.6 is 11.6 Å². The van der Waals surface area contributed by atoms with Crippen LogP contribution in [0, 0.1) is 13.8 Å². The van der Waals surface area contributed by atoms with Gasteiger partial charge in [-0.1, -0.05) is 29.8 Å². The van der Waals surface area contributed by atoms with Crippen molar-refractivity contribution in [2.75, 3.05) is 11.1 Å². The number of hydrogen-bond donors (Lipinski definition) is 2. The number of carbonyl (C=O) groups is 1. The van der Waals surface area contributed by atoms with E-state index in [-0.39, 0.29) is 5.91 Å². The normalized spacial score (nSPS) is 10.3. The molecule has 0 aliphatic rings. The molecule has 0 fully saturated rings. The van der Waals surface area contributed by atoms with Gasteiger partial charge in [-0.2, -0.15) is 0 Å². The number of rotatable bonds is 2. The van der Waals surface area contributed by atoms with E-state index in [9.17, 15) is 4.79 Å². The number of halogens is 1. The van der Waals surface area contributed by atoms with Gasteiger partial charge >= 0.3 is 0 Å². The smallest absolute Gasteiger partial charge is 0.257 e. The van der Waals surface area contributed by atoms with Crippen molar-refractivity contribution in [2.45, 2.75) is 13.8 Å². The average molecular weight is 275 g/mol. The minimum absolute atomic E-state index is 0.260. The van der Waals surface area contributed by atoms with Gasteiger partial charge in [0.1, 0.15) is 0 Å². The maximum Gasteiger partial charge on any atom is 0.257 e. The summed E-state index contributed by atoms with van der Waals surface area (Å²) < 4.78 is 0. The molecular weight excluding hydrogens is 260 g/mol. The first-order valence-corrected chi connectivity index (χ1v) is 6.29. The molecule has 0 aliphatic heterocycles. The number of hydrogen-bond acceptors (Lipinski definition) is 2. The highest BCUT2D eigenvalue weighted by Gasteiger charge is 2.12. The van der Waals surface area contributed by atoms with Gasteiger partial charge in [-0.25, -0.2) is 0 Å². The molecule has 0 bridgehead atoms. The molecule has 1 amide bonds. The second-order valence-corrected chi connectivity index (χ2v) is 4.86. The van der Waals surface area contributed by atoms with Gasteiger partial charge in [-0.3, -0.25) is 4.79 Å². The number of nitrogens with one attached hydrogen (secondary N) is 1. The molecular formula is C15H15ClN2O. The van der Waals surface area contributed by atoms with Crippen LogP contribution in [0.25, 0.3) is 0 Å². The number of anilines is 2. The Hall–Kier alpha value is -2.00. The van der Waals surface area contributed by atoms with E-state index in [1.807, 2.05) is 32.0 Å². The van der Waals surface area contributed by atoms with Crippen LogP contribution < -0.4 is 11.1 Å². The maximum absolute atomic E-state index is 12.2. The van der Waals surface area contributed by atoms with Gasteiger partial charge in [-0.05, 0) is 43.2 Å². The number of nitrogen functional groups attached to an aromatic ring is 1. The van der Waals surface area contributed by atoms with Crippen LogP contribution in [0.15, 0.2) is 36.4 Å². The lowest BCUT2D eigenvalue weighted by Crippen LogP contribution is -2.14. The zero-order valence-corrected chi connectivity index (χ0v) is 11.6. The van der Waals surface area contributed by atoms with Gasteiger partial charge in [0.2, 0.25) is 0 Å². The Bertz CT molecular complexity index is 638. The molecule has 2 aromatic carbocycles. The van der Waals surface area contributed by atoms with Gasteiger partial charge < -0.3 is 11.1 Å². The van der Waals surface area contributed by atoms with Crippen LogP contribution in [0.5, 0.6) is 0 Å². The SMILES string of the molecule is Cc1ccc(NC(=O)c2cccc(C)c2Cl)c(N)c1. The summed E-state index contributed by atoms with van der Waals surface area (Å²) >= 11 is 6.13. The van der Waals surface area contributed by atoms with Crippen LogP contribution in [0.3, 0.4) is 0 Å². The van der Waals surface area contributed by atoms with E-state index >= 15 is 0 Å². The first-order chi connectivity index (χ1) is 8.99. The Balaban J connectivity index is 2.28. The molecule has 3 nitrogen and oxygen atoms in total. The minimum atomic E-state index is -0.260. The molecule has 0 radical (unpaired) electrons. The van der Waals surface area contributed by atoms with Crippen molar-refractivity contribution >= 4 is 28.9 Å². The highest BCUT2D eigenvalue weighted by atomic mass is 35.5. The monoisotopic (exact) mass is 274 g/mol. The van der Waals surface area contributed by atoms with Crippen molar-refractivity contribution in [3.05, 3.63) is 58.1 Å². The van der Waals surface area contributed by atoms with Crippen molar-refractivity contribution in [1.82, 2.24) is 0 Å². The first kappa shape index (κ1) is 13.4. The van der Waals surface area contributed by atoms with Crippen molar-refractivity contribution in [2.24, 2.45) is 0 Å². The summed E-state index contributed by atoms with van der Waals surface area (Å²) in [4.78, 5) is 12.2. The molecule has 2 rings (SSSR count). The van der Waals surface area contributed by atoms with Crippen LogP contribution in [0.4, 0.5) is 11.4 Å². The van der Waals surface area contributed by atoms with E-state index in [1.54, 1.807) is 18.2 Å². The fourth-order valence-corrected chi connectivity index (χ4v) is 2.02. The molecule has 19 heavy (non-hydrogen) atoms. The summed E-state index contributed by atoms with van der Waals surface area (Å²) in [5.74, 6) is -0.260. The van der Waals surface area contributed by atoms with E-state index < -0.39 is 0 Å². The second-order valence-electron chi connectivity index (χ2n) is 4.48. The number of nitrogens with two attached hydrogens (primary N) is 1. The van der Waals surface area contributed by atoms with Gasteiger partial charge in [0.05, 0.1) is 22.0 Å². The molecule has 0 aromatic heterocycles. The third-order valence-corrected chi connectivity index (χ3v) is 3.39. The summed E-state index contributed by atoms with van der Waals surface area (Å²) in [7, 11) is 0. The lowest BCUT2D eigenvalue weighted by Gasteiger charge is -2.10. The predicted octanol–water partition coefficient (Wildman–Crippen LogP) is 3.79. The summed E-state index contributed by atoms with van der Waals surface area (Å²) in [6.07, 6.45) is 0. The molecule has 4 heteroatoms. The third kappa shape index (κ3) is 2.88. The predicted molar refractivity (Wildman–Crippen MR) is 79.7 cm³/mol. The Morgan fingerprint density at radius 3 is 2.63 bits per heavy atom. The van der Waals surface area contributed by atoms with Crippen molar-refractivity contribution in [3.63, 3.8) is 0 Å². The van der Waals surface area contributed by atoms with Crippen molar-refractivity contribution < 1.29 is 4.79 Å². The minimum Gasteiger partial charge on any atom is -0.397 e. The maximum atomic E-state index is 12.2. The lowest BCUT2D eigenvalue weighted by atomic mass is 10.1. The summed E-state index contributed by atoms with van der Waals surface area (Å²) in [6.45, 7) is 3.80. The zero-order chi connectivity index (χ0) is 14.0. The first-order valence-electron chi connectivity index (χ1n) is 5.91. The molecule has 98 valence electrons. The molecule has 0 saturated carbocycles. The quantitative estimate of drug-likeness (QED) is 0.819. The van der Waals surface area contributed by atoms with Gasteiger partial charge in [0, 0.05) is 0 Å². The van der Waals surface area contributed by atoms with Gasteiger partial charge in [-0.15, -0.1) is 0 Å². The number of amides is 1. The van der Waals surface area contributed by atoms with E-state index in [0.717, 1.165) is 11.1 Å². The standard InChI is InChI=1S/C15H15ClN2O/c1-9-6-7-13(12(17)8-9)18-15(19)11-5-3-4-10(2)14(11)16/h3-8H,17H2,1-2H3,(H,18,19). The van der Waals surface area contributed by atoms with Gasteiger partial charge in [0.15, 0.2) is 0 Å². The fraction of sp³-hybridized carbons (Fsp3) is 0.133. The molecule has 0 aliphatic carbocycles. The van der Waals surface area contributed by atoms with Crippen molar-refractivity contribution in [1.29, 1.82) is 0 Å². The Morgan fingerprint density at radius 1 is 1.21 bits per heavy atom. The molecule has 0 spiro atoms. The van der Waals surface area contributed by atoms with Crippen LogP contribution in [-0.4, -0.2) is 5.91 Å². The number of aryl methyl sites for hydroxylation is 2. The summed E-state index contributed by atoms with van der Waals surface area (Å²) in [6, 6.07) is 10.8. The average Bonchev–Trinajstić information content (AvgIpc) is 2.36. The second kappa shape index (κ2) is 5.33. The third-order valence-electron chi connectivity index (χ3n) is 2.89. The molecule has 0 atom stereocenters. The fourth-order valence-electron chi connectivity index (χ4n) is 1.81. The van der Waals surface area contributed by atoms with E-state index in [1.165, 1.54) is 0 Å². The Morgan fingerprint density at radius 2 is 1.95 bits per heavy atom. The number of benzene rings is 2. The highest BCUT2D eigenvalue weighted by molar-refractivity contribution is 6.35. The summed E-state index contributed by atoms with van der Waals surface area (Å²) in [5, 5.41) is 3.24. The molecule has 0 unspecified atom stereocenters. The Kier molecular flexibility index (Phi) is 3.76. The largest absolute Gasteiger partial charge is 0.397 e. The van der Waals surface area contributed by atoms with Crippen LogP contribution in [0.2, 0.25) is 5.02 Å². The molecule has 0 heterocycles. The topological polar surface area (TPSA) is 55.1 Å². The molecule has 3 N–H and O–H groups in total. The molecule has 0 saturated heterocycles. The van der Waals surface area contributed by atoms with Gasteiger partial charge in [0.25, 0.3) is 5.91 Å². The molecule has 2 aromatic rings. The van der Waals surface area contributed by atoms with E-state index in [2.05, 4.69) is 5.32 Å². The van der Waals surface area contributed by atoms with Crippen LogP contribution in [-0.2, 0) is 0 Å². The zero-order valence-electron chi connectivity index (χ0n) is 10.8. The van der Waals surface area contributed by atoms with E-state index in [0.29, 0.717) is 22.0 Å². The lowest BCUT2D eigenvalue weighted by molar-refractivity contribution is 0.102. The Labute approximate surface area is 117 Å². The van der Waals surface area contributed by atoms with E-state index in [4.69, 9.17) is 17.3 Å². The summed E-state index contributed by atoms with van der Waals surface area (Å²) in [5.41, 5.74) is 9.36.